The third-order valence-electron chi connectivity index (χ3n) is 18.6. The van der Waals surface area contributed by atoms with Gasteiger partial charge < -0.3 is 35.6 Å². The molecular weight excluding hydrogens is 681 g/mol. The number of fused-ring (bicyclic) bond motifs is 1. The average molecular weight is 752 g/mol. The molecule has 9 aliphatic rings. The molecular formula is C45H71N2O7+. The van der Waals surface area contributed by atoms with Crippen LogP contribution in [0.1, 0.15) is 124 Å². The van der Waals surface area contributed by atoms with Crippen LogP contribution < -0.4 is 11.1 Å². The van der Waals surface area contributed by atoms with Crippen LogP contribution in [0.2, 0.25) is 0 Å². The second-order valence-corrected chi connectivity index (χ2v) is 21.0. The van der Waals surface area contributed by atoms with Gasteiger partial charge >= 0.3 is 0 Å². The summed E-state index contributed by atoms with van der Waals surface area (Å²) in [6, 6.07) is 0. The Hall–Kier alpha value is -1.17. The molecule has 9 nitrogen and oxygen atoms in total. The van der Waals surface area contributed by atoms with Crippen molar-refractivity contribution in [3.63, 3.8) is 0 Å². The van der Waals surface area contributed by atoms with Gasteiger partial charge in [-0.2, -0.15) is 0 Å². The Morgan fingerprint density at radius 2 is 1.78 bits per heavy atom. The van der Waals surface area contributed by atoms with Gasteiger partial charge in [-0.3, -0.25) is 10.5 Å². The van der Waals surface area contributed by atoms with E-state index < -0.39 is 58.3 Å². The van der Waals surface area contributed by atoms with E-state index in [4.69, 9.17) is 10.5 Å². The highest BCUT2D eigenvalue weighted by Gasteiger charge is 2.76. The predicted octanol–water partition coefficient (Wildman–Crippen LogP) is 3.74. The highest BCUT2D eigenvalue weighted by molar-refractivity contribution is 6.00. The number of rotatable bonds is 6. The number of carbonyl (C=O) groups excluding carboxylic acids is 1. The van der Waals surface area contributed by atoms with Crippen molar-refractivity contribution >= 4 is 5.78 Å². The molecule has 0 amide bonds. The minimum absolute atomic E-state index is 0.00484. The van der Waals surface area contributed by atoms with Gasteiger partial charge in [0, 0.05) is 23.7 Å². The lowest BCUT2D eigenvalue weighted by molar-refractivity contribution is -0.703. The smallest absolute Gasteiger partial charge is 0.162 e. The van der Waals surface area contributed by atoms with Gasteiger partial charge in [0.1, 0.15) is 12.3 Å². The van der Waals surface area contributed by atoms with Crippen LogP contribution in [0.3, 0.4) is 0 Å². The summed E-state index contributed by atoms with van der Waals surface area (Å²) in [5.41, 5.74) is 3.75. The van der Waals surface area contributed by atoms with E-state index in [1.165, 1.54) is 19.3 Å². The maximum absolute atomic E-state index is 15.0. The van der Waals surface area contributed by atoms with Crippen LogP contribution in [0.15, 0.2) is 23.3 Å². The van der Waals surface area contributed by atoms with Crippen LogP contribution in [0, 0.1) is 70.0 Å². The first-order chi connectivity index (χ1) is 25.7. The molecule has 0 aromatic heterocycles. The molecule has 0 aromatic carbocycles. The zero-order chi connectivity index (χ0) is 38.1. The van der Waals surface area contributed by atoms with Crippen LogP contribution in [0.4, 0.5) is 0 Å². The van der Waals surface area contributed by atoms with Gasteiger partial charge in [-0.1, -0.05) is 52.2 Å². The number of aliphatic hydroxyl groups excluding tert-OH is 3. The van der Waals surface area contributed by atoms with Crippen LogP contribution in [-0.4, -0.2) is 85.7 Å². The highest BCUT2D eigenvalue weighted by atomic mass is 16.5. The van der Waals surface area contributed by atoms with Crippen molar-refractivity contribution in [2.75, 3.05) is 6.54 Å². The minimum Gasteiger partial charge on any atom is -0.390 e. The molecule has 2 unspecified atom stereocenters. The number of Topliss-reactive ketones (excluding diaryl/α,β-unsaturated/α-hetero) is 1. The van der Waals surface area contributed by atoms with Gasteiger partial charge in [0.05, 0.1) is 42.2 Å². The molecule has 7 aliphatic carbocycles. The lowest BCUT2D eigenvalue weighted by atomic mass is 9.39. The Morgan fingerprint density at radius 3 is 2.52 bits per heavy atom. The number of allylic oxidation sites excluding steroid dienone is 3. The molecule has 6 fully saturated rings. The summed E-state index contributed by atoms with van der Waals surface area (Å²) in [4.78, 5) is 15.0. The molecule has 0 bridgehead atoms. The molecule has 2 saturated heterocycles. The number of hydrogen-bond acceptors (Lipinski definition) is 8. The van der Waals surface area contributed by atoms with Crippen molar-refractivity contribution in [2.24, 2.45) is 75.7 Å². The third-order valence-corrected chi connectivity index (χ3v) is 18.6. The van der Waals surface area contributed by atoms with E-state index in [1.54, 1.807) is 0 Å². The van der Waals surface area contributed by atoms with Crippen molar-refractivity contribution in [2.45, 2.75) is 172 Å². The Morgan fingerprint density at radius 1 is 1.02 bits per heavy atom. The highest BCUT2D eigenvalue weighted by Crippen LogP contribution is 2.76. The maximum Gasteiger partial charge on any atom is 0.162 e. The summed E-state index contributed by atoms with van der Waals surface area (Å²) in [7, 11) is 0. The minimum atomic E-state index is -1.53. The van der Waals surface area contributed by atoms with Crippen molar-refractivity contribution in [1.29, 1.82) is 0 Å². The molecule has 0 radical (unpaired) electrons. The summed E-state index contributed by atoms with van der Waals surface area (Å²) in [5.74, 6) is 0.832. The van der Waals surface area contributed by atoms with Crippen LogP contribution in [-0.2, 0) is 9.53 Å². The molecule has 302 valence electrons. The zero-order valence-electron chi connectivity index (χ0n) is 33.4. The number of aliphatic hydroxyl groups is 5. The van der Waals surface area contributed by atoms with Crippen molar-refractivity contribution in [3.05, 3.63) is 23.3 Å². The maximum atomic E-state index is 15.0. The molecule has 9 N–H and O–H groups in total. The Labute approximate surface area is 323 Å². The van der Waals surface area contributed by atoms with Crippen LogP contribution in [0.5, 0.6) is 0 Å². The standard InChI is InChI=1S/C45H70N2O7/c1-5-6-24-7-13-29-23(2)40(54-34(29)15-8-24)41(51)43(4,52)35-17-28-12-14-30-38-37-26(19-42(35,3)45(28,38)53)10-9-25(27-11-16-36(46)47-22-27)20-44(37)21-33(49)32(48)18-31(44)39(30)50/h9-10,23-29,31-37,40-41,47-49,51-53H,5-8,11-22,46H2,1-4H3/p+1/t23-,24+,25-,26-,27?,28-,29+,31-,32+,33-,34+,35+,36?,37-,40+,41+,42+,43+,44-,45+/m0/s1. The van der Waals surface area contributed by atoms with Gasteiger partial charge in [-0.25, -0.2) is 0 Å². The molecule has 20 atom stereocenters. The van der Waals surface area contributed by atoms with E-state index >= 15 is 0 Å². The topological polar surface area (TPSA) is 170 Å². The number of hydrogen-bond donors (Lipinski definition) is 7. The number of ether oxygens (including phenoxy) is 1. The Bertz CT molecular complexity index is 1540. The molecule has 4 saturated carbocycles. The van der Waals surface area contributed by atoms with Crippen LogP contribution in [0.25, 0.3) is 0 Å². The number of carbonyl (C=O) groups is 1. The summed E-state index contributed by atoms with van der Waals surface area (Å²) in [5, 5.41) is 63.8. The van der Waals surface area contributed by atoms with E-state index in [0.29, 0.717) is 43.9 Å². The lowest BCUT2D eigenvalue weighted by Gasteiger charge is -2.66. The van der Waals surface area contributed by atoms with E-state index in [1.807, 2.05) is 6.92 Å². The van der Waals surface area contributed by atoms with Crippen molar-refractivity contribution in [3.8, 4) is 0 Å². The largest absolute Gasteiger partial charge is 0.390 e. The van der Waals surface area contributed by atoms with E-state index in [0.717, 1.165) is 62.1 Å². The fraction of sp³-hybridized carbons (Fsp3) is 0.889. The van der Waals surface area contributed by atoms with Gasteiger partial charge in [-0.05, 0) is 141 Å². The average Bonchev–Trinajstić information content (AvgIpc) is 3.38. The quantitative estimate of drug-likeness (QED) is 0.202. The molecule has 2 aliphatic heterocycles. The van der Waals surface area contributed by atoms with Crippen molar-refractivity contribution in [1.82, 2.24) is 0 Å². The van der Waals surface area contributed by atoms with Gasteiger partial charge in [0.25, 0.3) is 0 Å². The van der Waals surface area contributed by atoms with Gasteiger partial charge in [-0.15, -0.1) is 0 Å². The molecule has 9 rings (SSSR count). The number of ketones is 1. The Balaban J connectivity index is 1.09. The number of quaternary nitrogens is 1. The molecule has 1 spiro atoms. The van der Waals surface area contributed by atoms with E-state index in [2.05, 4.69) is 38.2 Å². The normalized spacial score (nSPS) is 54.2. The summed E-state index contributed by atoms with van der Waals surface area (Å²) >= 11 is 0. The first-order valence-electron chi connectivity index (χ1n) is 22.3. The second kappa shape index (κ2) is 13.4. The first-order valence-corrected chi connectivity index (χ1v) is 22.3. The third kappa shape index (κ3) is 5.33. The van der Waals surface area contributed by atoms with Crippen molar-refractivity contribution < 1.29 is 40.4 Å². The zero-order valence-corrected chi connectivity index (χ0v) is 33.4. The van der Waals surface area contributed by atoms with E-state index in [-0.39, 0.29) is 54.1 Å². The predicted molar refractivity (Wildman–Crippen MR) is 204 cm³/mol. The fourth-order valence-corrected chi connectivity index (χ4v) is 15.9. The van der Waals surface area contributed by atoms with Gasteiger partial charge in [0.15, 0.2) is 5.78 Å². The summed E-state index contributed by atoms with van der Waals surface area (Å²) < 4.78 is 6.79. The molecule has 2 heterocycles. The SMILES string of the molecule is CCC[C@@H]1CC[C@@H]2[C@H](C)[C@H]([C@@H](O)[C@](C)(O)[C@@H]3C[C@@H]4CCC5=C6[C@@H]7[C@@H](C=C[C@H](C8CCC(N)[NH2+]C8)C[C@@]78C[C@H](O)[C@H](O)C[C@H]8C5=O)C[C@@]3(C)[C@]64O)O[C@@H]2CC1. The molecule has 54 heavy (non-hydrogen) atoms. The summed E-state index contributed by atoms with van der Waals surface area (Å²) in [6.45, 7) is 9.36. The number of piperidine rings is 1. The number of nitrogens with two attached hydrogens (primary N) is 2. The summed E-state index contributed by atoms with van der Waals surface area (Å²) in [6.07, 6.45) is 14.3. The molecule has 9 heteroatoms. The second-order valence-electron chi connectivity index (χ2n) is 21.0. The monoisotopic (exact) mass is 752 g/mol. The lowest BCUT2D eigenvalue weighted by Crippen LogP contribution is -2.95. The first kappa shape index (κ1) is 38.4. The van der Waals surface area contributed by atoms with E-state index in [9.17, 15) is 30.3 Å². The van der Waals surface area contributed by atoms with Gasteiger partial charge in [0.2, 0.25) is 0 Å². The van der Waals surface area contributed by atoms with Crippen LogP contribution >= 0.6 is 0 Å². The fourth-order valence-electron chi connectivity index (χ4n) is 15.9. The Kier molecular flexibility index (Phi) is 9.54. The molecule has 0 aromatic rings.